The molecule has 3 N–H and O–H groups in total. The molecule has 19 heavy (non-hydrogen) atoms. The number of carbonyl (C=O) groups is 1. The lowest BCUT2D eigenvalue weighted by Crippen LogP contribution is -2.19. The zero-order valence-electron chi connectivity index (χ0n) is 9.70. The van der Waals surface area contributed by atoms with Crippen molar-refractivity contribution in [1.29, 1.82) is 0 Å². The molecule has 8 heteroatoms. The Hall–Kier alpha value is -2.06. The Morgan fingerprint density at radius 1 is 1.42 bits per heavy atom. The third-order valence-electron chi connectivity index (χ3n) is 2.13. The van der Waals surface area contributed by atoms with E-state index in [9.17, 15) is 4.79 Å². The fourth-order valence-electron chi connectivity index (χ4n) is 1.26. The lowest BCUT2D eigenvalue weighted by Gasteiger charge is -2.06. The highest BCUT2D eigenvalue weighted by Gasteiger charge is 2.05. The highest BCUT2D eigenvalue weighted by Crippen LogP contribution is 2.13. The first-order valence-electron chi connectivity index (χ1n) is 5.25. The first kappa shape index (κ1) is 13.4. The van der Waals surface area contributed by atoms with Gasteiger partial charge >= 0.3 is 0 Å². The number of hydrogen-bond donors (Lipinski definition) is 2. The van der Waals surface area contributed by atoms with Crippen LogP contribution in [0, 0.1) is 0 Å². The second-order valence-electron chi connectivity index (χ2n) is 3.51. The first-order chi connectivity index (χ1) is 9.15. The van der Waals surface area contributed by atoms with Crippen molar-refractivity contribution in [3.05, 3.63) is 36.0 Å². The first-order valence-corrected chi connectivity index (χ1v) is 6.43. The maximum Gasteiger partial charge on any atom is 0.262 e. The minimum absolute atomic E-state index is 0.0929. The van der Waals surface area contributed by atoms with Crippen molar-refractivity contribution in [2.24, 2.45) is 5.73 Å². The van der Waals surface area contributed by atoms with Crippen molar-refractivity contribution in [2.45, 2.75) is 0 Å². The Morgan fingerprint density at radius 3 is 2.74 bits per heavy atom. The van der Waals surface area contributed by atoms with Crippen LogP contribution in [0.4, 0.5) is 5.00 Å². The molecule has 1 aromatic heterocycles. The lowest BCUT2D eigenvalue weighted by molar-refractivity contribution is -0.118. The number of amides is 1. The molecule has 0 fully saturated rings. The fourth-order valence-corrected chi connectivity index (χ4v) is 1.83. The molecule has 0 unspecified atom stereocenters. The zero-order chi connectivity index (χ0) is 13.7. The Labute approximate surface area is 118 Å². The van der Waals surface area contributed by atoms with Crippen LogP contribution in [0.1, 0.15) is 5.56 Å². The molecule has 0 spiro atoms. The smallest absolute Gasteiger partial charge is 0.262 e. The van der Waals surface area contributed by atoms with Gasteiger partial charge in [0.1, 0.15) is 15.7 Å². The van der Waals surface area contributed by atoms with E-state index in [-0.39, 0.29) is 12.5 Å². The number of aromatic nitrogens is 2. The van der Waals surface area contributed by atoms with Crippen molar-refractivity contribution in [3.63, 3.8) is 0 Å². The number of nitrogens with zero attached hydrogens (tertiary/aromatic N) is 2. The summed E-state index contributed by atoms with van der Waals surface area (Å²) in [5, 5.41) is 6.80. The largest absolute Gasteiger partial charge is 0.484 e. The van der Waals surface area contributed by atoms with Gasteiger partial charge in [0.2, 0.25) is 0 Å². The summed E-state index contributed by atoms with van der Waals surface area (Å²) in [4.78, 5) is 11.9. The van der Waals surface area contributed by atoms with Crippen molar-refractivity contribution >= 4 is 39.6 Å². The van der Waals surface area contributed by atoms with Crippen LogP contribution in [-0.2, 0) is 4.79 Å². The van der Waals surface area contributed by atoms with Gasteiger partial charge < -0.3 is 15.8 Å². The molecule has 6 nitrogen and oxygen atoms in total. The van der Waals surface area contributed by atoms with E-state index in [4.69, 9.17) is 22.7 Å². The molecule has 2 rings (SSSR count). The van der Waals surface area contributed by atoms with E-state index in [1.807, 2.05) is 0 Å². The number of anilines is 1. The van der Waals surface area contributed by atoms with E-state index in [0.29, 0.717) is 15.7 Å². The summed E-state index contributed by atoms with van der Waals surface area (Å²) < 4.78 is 8.95. The van der Waals surface area contributed by atoms with Crippen molar-refractivity contribution in [3.8, 4) is 5.75 Å². The molecular formula is C11H10N4O2S2. The number of thiocarbonyl (C=S) groups is 1. The number of ether oxygens (including phenoxy) is 1. The van der Waals surface area contributed by atoms with Gasteiger partial charge in [-0.3, -0.25) is 4.79 Å². The van der Waals surface area contributed by atoms with Crippen LogP contribution < -0.4 is 15.8 Å². The van der Waals surface area contributed by atoms with Crippen LogP contribution in [-0.4, -0.2) is 27.1 Å². The summed E-state index contributed by atoms with van der Waals surface area (Å²) >= 11 is 5.94. The van der Waals surface area contributed by atoms with Gasteiger partial charge in [-0.2, -0.15) is 0 Å². The second-order valence-corrected chi connectivity index (χ2v) is 4.73. The van der Waals surface area contributed by atoms with Crippen molar-refractivity contribution in [1.82, 2.24) is 9.59 Å². The molecule has 0 bridgehead atoms. The maximum absolute atomic E-state index is 11.5. The number of carbonyl (C=O) groups excluding carboxylic acids is 1. The fraction of sp³-hybridized carbons (Fsp3) is 0.0909. The average Bonchev–Trinajstić information content (AvgIpc) is 2.89. The normalized spacial score (nSPS) is 9.89. The monoisotopic (exact) mass is 294 g/mol. The van der Waals surface area contributed by atoms with Gasteiger partial charge in [-0.05, 0) is 24.3 Å². The van der Waals surface area contributed by atoms with Gasteiger partial charge in [-0.1, -0.05) is 16.7 Å². The van der Waals surface area contributed by atoms with Gasteiger partial charge in [-0.25, -0.2) is 0 Å². The van der Waals surface area contributed by atoms with Crippen molar-refractivity contribution < 1.29 is 9.53 Å². The minimum Gasteiger partial charge on any atom is -0.484 e. The van der Waals surface area contributed by atoms with E-state index in [0.717, 1.165) is 17.1 Å². The number of rotatable bonds is 5. The Morgan fingerprint density at radius 2 is 2.16 bits per heavy atom. The van der Waals surface area contributed by atoms with Crippen LogP contribution in [0.25, 0.3) is 0 Å². The molecule has 0 saturated heterocycles. The molecule has 0 aliphatic carbocycles. The molecule has 0 aliphatic heterocycles. The molecule has 1 aromatic carbocycles. The Bertz CT molecular complexity index is 569. The number of nitrogens with two attached hydrogens (primary N) is 1. The SMILES string of the molecule is NC(=S)c1ccc(OCC(=O)Nc2cnns2)cc1. The Kier molecular flexibility index (Phi) is 4.37. The Balaban J connectivity index is 1.84. The van der Waals surface area contributed by atoms with Crippen LogP contribution in [0.5, 0.6) is 5.75 Å². The number of benzene rings is 1. The highest BCUT2D eigenvalue weighted by molar-refractivity contribution is 7.80. The van der Waals surface area contributed by atoms with Crippen LogP contribution in [0.2, 0.25) is 0 Å². The topological polar surface area (TPSA) is 90.1 Å². The van der Waals surface area contributed by atoms with Gasteiger partial charge in [0.25, 0.3) is 5.91 Å². The van der Waals surface area contributed by atoms with Crippen LogP contribution in [0.3, 0.4) is 0 Å². The lowest BCUT2D eigenvalue weighted by atomic mass is 10.2. The maximum atomic E-state index is 11.5. The molecule has 0 saturated carbocycles. The predicted molar refractivity (Wildman–Crippen MR) is 76.4 cm³/mol. The van der Waals surface area contributed by atoms with Gasteiger partial charge in [0.05, 0.1) is 6.20 Å². The summed E-state index contributed by atoms with van der Waals surface area (Å²) in [5.74, 6) is 0.294. The van der Waals surface area contributed by atoms with Crippen molar-refractivity contribution in [2.75, 3.05) is 11.9 Å². The zero-order valence-corrected chi connectivity index (χ0v) is 11.3. The molecule has 98 valence electrons. The van der Waals surface area contributed by atoms with E-state index in [2.05, 4.69) is 14.9 Å². The average molecular weight is 294 g/mol. The standard InChI is InChI=1S/C11H10N4O2S2/c12-11(18)7-1-3-8(4-2-7)17-6-9(16)14-10-5-13-15-19-10/h1-5H,6H2,(H2,12,18)(H,14,16). The summed E-state index contributed by atoms with van der Waals surface area (Å²) in [6.07, 6.45) is 1.47. The van der Waals surface area contributed by atoms with Crippen LogP contribution >= 0.6 is 23.8 Å². The number of hydrogen-bond acceptors (Lipinski definition) is 6. The van der Waals surface area contributed by atoms with E-state index >= 15 is 0 Å². The van der Waals surface area contributed by atoms with E-state index in [1.54, 1.807) is 24.3 Å². The van der Waals surface area contributed by atoms with Gasteiger partial charge in [-0.15, -0.1) is 5.10 Å². The quantitative estimate of drug-likeness (QED) is 0.805. The van der Waals surface area contributed by atoms with E-state index in [1.165, 1.54) is 6.20 Å². The molecule has 0 radical (unpaired) electrons. The van der Waals surface area contributed by atoms with E-state index < -0.39 is 0 Å². The molecular weight excluding hydrogens is 284 g/mol. The summed E-state index contributed by atoms with van der Waals surface area (Å²) in [7, 11) is 0. The molecule has 1 amide bonds. The van der Waals surface area contributed by atoms with Gasteiger partial charge in [0.15, 0.2) is 6.61 Å². The minimum atomic E-state index is -0.274. The summed E-state index contributed by atoms with van der Waals surface area (Å²) in [6, 6.07) is 6.89. The molecule has 1 heterocycles. The summed E-state index contributed by atoms with van der Waals surface area (Å²) in [6.45, 7) is -0.0929. The third kappa shape index (κ3) is 3.97. The van der Waals surface area contributed by atoms with Crippen LogP contribution in [0.15, 0.2) is 30.5 Å². The second kappa shape index (κ2) is 6.21. The predicted octanol–water partition coefficient (Wildman–Crippen LogP) is 1.19. The molecule has 0 aliphatic rings. The highest BCUT2D eigenvalue weighted by atomic mass is 32.1. The number of nitrogens with one attached hydrogen (secondary N) is 1. The third-order valence-corrected chi connectivity index (χ3v) is 2.95. The molecule has 0 atom stereocenters. The molecule has 2 aromatic rings. The van der Waals surface area contributed by atoms with Gasteiger partial charge in [0, 0.05) is 17.1 Å². The summed E-state index contributed by atoms with van der Waals surface area (Å²) in [5.41, 5.74) is 6.23.